The largest absolute Gasteiger partial charge is 0.463 e. The van der Waals surface area contributed by atoms with Gasteiger partial charge in [-0.2, -0.15) is 0 Å². The van der Waals surface area contributed by atoms with E-state index >= 15 is 0 Å². The zero-order valence-corrected chi connectivity index (χ0v) is 6.32. The molecule has 0 unspecified atom stereocenters. The summed E-state index contributed by atoms with van der Waals surface area (Å²) in [4.78, 5) is 20.3. The second-order valence-electron chi connectivity index (χ2n) is 1.63. The van der Waals surface area contributed by atoms with Crippen LogP contribution in [-0.2, 0) is 14.3 Å². The van der Waals surface area contributed by atoms with E-state index in [9.17, 15) is 9.59 Å². The van der Waals surface area contributed by atoms with Crippen LogP contribution in [0.1, 0.15) is 6.92 Å². The number of allylic oxidation sites excluding steroid dienone is 3. The molecular weight excluding hydrogens is 144 g/mol. The lowest BCUT2D eigenvalue weighted by molar-refractivity contribution is -0.137. The van der Waals surface area contributed by atoms with Crippen molar-refractivity contribution in [2.75, 3.05) is 6.61 Å². The monoisotopic (exact) mass is 154 g/mol. The van der Waals surface area contributed by atoms with Gasteiger partial charge in [-0.1, -0.05) is 12.2 Å². The van der Waals surface area contributed by atoms with E-state index in [1.54, 1.807) is 6.92 Å². The number of hydrogen-bond acceptors (Lipinski definition) is 3. The van der Waals surface area contributed by atoms with E-state index in [-0.39, 0.29) is 0 Å². The lowest BCUT2D eigenvalue weighted by atomic mass is 10.4. The Bertz CT molecular complexity index is 180. The van der Waals surface area contributed by atoms with Crippen molar-refractivity contribution < 1.29 is 14.3 Å². The topological polar surface area (TPSA) is 43.4 Å². The number of rotatable bonds is 4. The molecule has 0 aliphatic carbocycles. The van der Waals surface area contributed by atoms with E-state index in [0.717, 1.165) is 0 Å². The van der Waals surface area contributed by atoms with Crippen molar-refractivity contribution in [2.45, 2.75) is 6.92 Å². The van der Waals surface area contributed by atoms with Gasteiger partial charge < -0.3 is 4.74 Å². The maximum Gasteiger partial charge on any atom is 0.330 e. The van der Waals surface area contributed by atoms with E-state index in [1.165, 1.54) is 24.3 Å². The summed E-state index contributed by atoms with van der Waals surface area (Å²) in [5.41, 5.74) is 0. The average Bonchev–Trinajstić information content (AvgIpc) is 1.99. The summed E-state index contributed by atoms with van der Waals surface area (Å²) in [6, 6.07) is 0. The normalized spacial score (nSPS) is 10.6. The quantitative estimate of drug-likeness (QED) is 0.261. The van der Waals surface area contributed by atoms with Crippen molar-refractivity contribution in [3.05, 3.63) is 24.3 Å². The number of carbonyl (C=O) groups excluding carboxylic acids is 2. The minimum atomic E-state index is -0.400. The van der Waals surface area contributed by atoms with Crippen molar-refractivity contribution in [2.24, 2.45) is 0 Å². The molecule has 0 heterocycles. The second kappa shape index (κ2) is 6.74. The maximum atomic E-state index is 10.6. The average molecular weight is 154 g/mol. The summed E-state index contributed by atoms with van der Waals surface area (Å²) in [6.07, 6.45) is 6.09. The molecule has 0 spiro atoms. The van der Waals surface area contributed by atoms with Crippen molar-refractivity contribution >= 4 is 12.3 Å². The van der Waals surface area contributed by atoms with Crippen LogP contribution in [0.2, 0.25) is 0 Å². The molecule has 11 heavy (non-hydrogen) atoms. The molecule has 0 radical (unpaired) electrons. The van der Waals surface area contributed by atoms with Crippen LogP contribution in [0.4, 0.5) is 0 Å². The van der Waals surface area contributed by atoms with Crippen LogP contribution in [0.25, 0.3) is 0 Å². The molecule has 0 aromatic carbocycles. The van der Waals surface area contributed by atoms with Gasteiger partial charge >= 0.3 is 5.97 Å². The molecule has 0 amide bonds. The third-order valence-electron chi connectivity index (χ3n) is 0.820. The molecule has 0 aliphatic heterocycles. The molecule has 3 heteroatoms. The standard InChI is InChI=1S/C8H10O3/c1-2-11-8(10)6-4-3-5-7-9/h3-7H,2H2,1H3. The molecule has 0 saturated heterocycles. The predicted octanol–water partition coefficient (Wildman–Crippen LogP) is 0.861. The number of carbonyl (C=O) groups is 2. The van der Waals surface area contributed by atoms with Crippen molar-refractivity contribution in [3.63, 3.8) is 0 Å². The number of esters is 1. The molecule has 3 nitrogen and oxygen atoms in total. The lowest BCUT2D eigenvalue weighted by Crippen LogP contribution is -1.98. The zero-order chi connectivity index (χ0) is 8.53. The highest BCUT2D eigenvalue weighted by molar-refractivity contribution is 5.82. The van der Waals surface area contributed by atoms with Crippen molar-refractivity contribution in [1.82, 2.24) is 0 Å². The van der Waals surface area contributed by atoms with Crippen LogP contribution in [0.5, 0.6) is 0 Å². The fourth-order valence-corrected chi connectivity index (χ4v) is 0.434. The van der Waals surface area contributed by atoms with Gasteiger partial charge in [0.1, 0.15) is 6.29 Å². The van der Waals surface area contributed by atoms with Gasteiger partial charge in [-0.25, -0.2) is 4.79 Å². The van der Waals surface area contributed by atoms with E-state index in [4.69, 9.17) is 0 Å². The van der Waals surface area contributed by atoms with Gasteiger partial charge in [-0.15, -0.1) is 0 Å². The highest BCUT2D eigenvalue weighted by Crippen LogP contribution is 1.81. The minimum Gasteiger partial charge on any atom is -0.463 e. The molecule has 0 bridgehead atoms. The molecule has 0 fully saturated rings. The molecule has 0 saturated carbocycles. The summed E-state index contributed by atoms with van der Waals surface area (Å²) in [7, 11) is 0. The third kappa shape index (κ3) is 6.51. The predicted molar refractivity (Wildman–Crippen MR) is 41.0 cm³/mol. The fourth-order valence-electron chi connectivity index (χ4n) is 0.434. The van der Waals surface area contributed by atoms with E-state index in [0.29, 0.717) is 12.9 Å². The Hall–Kier alpha value is -1.38. The minimum absolute atomic E-state index is 0.362. The lowest BCUT2D eigenvalue weighted by Gasteiger charge is -1.92. The van der Waals surface area contributed by atoms with Crippen LogP contribution >= 0.6 is 0 Å². The Balaban J connectivity index is 3.64. The fraction of sp³-hybridized carbons (Fsp3) is 0.250. The first-order valence-corrected chi connectivity index (χ1v) is 3.26. The van der Waals surface area contributed by atoms with E-state index in [2.05, 4.69) is 4.74 Å². The Morgan fingerprint density at radius 2 is 2.09 bits per heavy atom. The Kier molecular flexibility index (Phi) is 5.89. The zero-order valence-electron chi connectivity index (χ0n) is 6.32. The van der Waals surface area contributed by atoms with Gasteiger partial charge in [0.2, 0.25) is 0 Å². The summed E-state index contributed by atoms with van der Waals surface area (Å²) in [5, 5.41) is 0. The van der Waals surface area contributed by atoms with Crippen LogP contribution in [0.15, 0.2) is 24.3 Å². The van der Waals surface area contributed by atoms with E-state index in [1.807, 2.05) is 0 Å². The van der Waals surface area contributed by atoms with Gasteiger partial charge in [-0.05, 0) is 13.0 Å². The van der Waals surface area contributed by atoms with Crippen LogP contribution in [0, 0.1) is 0 Å². The number of hydrogen-bond donors (Lipinski definition) is 0. The van der Waals surface area contributed by atoms with Crippen LogP contribution in [0.3, 0.4) is 0 Å². The first kappa shape index (κ1) is 9.62. The first-order valence-electron chi connectivity index (χ1n) is 3.26. The Morgan fingerprint density at radius 1 is 1.36 bits per heavy atom. The molecule has 0 aliphatic rings. The Labute approximate surface area is 65.4 Å². The van der Waals surface area contributed by atoms with Gasteiger partial charge in [-0.3, -0.25) is 4.79 Å². The number of ether oxygens (including phenoxy) is 1. The van der Waals surface area contributed by atoms with E-state index < -0.39 is 5.97 Å². The second-order valence-corrected chi connectivity index (χ2v) is 1.63. The highest BCUT2D eigenvalue weighted by Gasteiger charge is 1.89. The Morgan fingerprint density at radius 3 is 2.64 bits per heavy atom. The molecule has 0 aromatic heterocycles. The van der Waals surface area contributed by atoms with Crippen LogP contribution < -0.4 is 0 Å². The third-order valence-corrected chi connectivity index (χ3v) is 0.820. The van der Waals surface area contributed by atoms with Crippen molar-refractivity contribution in [3.8, 4) is 0 Å². The summed E-state index contributed by atoms with van der Waals surface area (Å²) in [5.74, 6) is -0.400. The summed E-state index contributed by atoms with van der Waals surface area (Å²) >= 11 is 0. The van der Waals surface area contributed by atoms with Gasteiger partial charge in [0.15, 0.2) is 0 Å². The molecular formula is C8H10O3. The summed E-state index contributed by atoms with van der Waals surface area (Å²) < 4.78 is 4.57. The van der Waals surface area contributed by atoms with Gasteiger partial charge in [0.25, 0.3) is 0 Å². The van der Waals surface area contributed by atoms with Crippen molar-refractivity contribution in [1.29, 1.82) is 0 Å². The molecule has 0 N–H and O–H groups in total. The van der Waals surface area contributed by atoms with Gasteiger partial charge in [0.05, 0.1) is 6.61 Å². The first-order chi connectivity index (χ1) is 5.31. The molecule has 0 aromatic rings. The molecule has 0 atom stereocenters. The van der Waals surface area contributed by atoms with Crippen LogP contribution in [-0.4, -0.2) is 18.9 Å². The highest BCUT2D eigenvalue weighted by atomic mass is 16.5. The summed E-state index contributed by atoms with van der Waals surface area (Å²) in [6.45, 7) is 2.09. The molecule has 0 rings (SSSR count). The SMILES string of the molecule is CCOC(=O)C=CC=CC=O. The van der Waals surface area contributed by atoms with Gasteiger partial charge in [0, 0.05) is 6.08 Å². The molecule has 60 valence electrons. The maximum absolute atomic E-state index is 10.6. The smallest absolute Gasteiger partial charge is 0.330 e. The number of aldehydes is 1.